The van der Waals surface area contributed by atoms with Gasteiger partial charge in [0, 0.05) is 13.2 Å². The van der Waals surface area contributed by atoms with Crippen molar-refractivity contribution < 1.29 is 9.53 Å². The van der Waals surface area contributed by atoms with Gasteiger partial charge >= 0.3 is 0 Å². The highest BCUT2D eigenvalue weighted by atomic mass is 35.5. The normalized spacial score (nSPS) is 12.2. The van der Waals surface area contributed by atoms with Crippen LogP contribution < -0.4 is 5.32 Å². The number of amides is 1. The van der Waals surface area contributed by atoms with Gasteiger partial charge in [-0.15, -0.1) is 0 Å². The molecule has 18 heavy (non-hydrogen) atoms. The first-order chi connectivity index (χ1) is 8.58. The summed E-state index contributed by atoms with van der Waals surface area (Å²) in [6.45, 7) is 4.27. The van der Waals surface area contributed by atoms with Crippen molar-refractivity contribution in [3.63, 3.8) is 0 Å². The second-order valence-electron chi connectivity index (χ2n) is 3.61. The maximum atomic E-state index is 12.0. The number of nitrogens with zero attached hydrogens (tertiary/aromatic N) is 2. The van der Waals surface area contributed by atoms with Crippen LogP contribution in [0.5, 0.6) is 0 Å². The molecule has 0 aromatic carbocycles. The van der Waals surface area contributed by atoms with Crippen LogP contribution in [0.15, 0.2) is 11.4 Å². The summed E-state index contributed by atoms with van der Waals surface area (Å²) in [6, 6.07) is -0.101. The molecule has 1 rings (SSSR count). The number of aromatic nitrogens is 2. The number of rotatable bonds is 6. The second-order valence-corrected chi connectivity index (χ2v) is 5.25. The maximum absolute atomic E-state index is 12.0. The van der Waals surface area contributed by atoms with Crippen molar-refractivity contribution in [2.75, 3.05) is 19.5 Å². The molecule has 0 saturated carbocycles. The van der Waals surface area contributed by atoms with Crippen LogP contribution in [-0.4, -0.2) is 41.4 Å². The molecule has 1 unspecified atom stereocenters. The van der Waals surface area contributed by atoms with E-state index in [-0.39, 0.29) is 22.7 Å². The monoisotopic (exact) mass is 289 g/mol. The highest BCUT2D eigenvalue weighted by molar-refractivity contribution is 7.99. The van der Waals surface area contributed by atoms with Gasteiger partial charge in [-0.05, 0) is 12.7 Å². The van der Waals surface area contributed by atoms with E-state index in [9.17, 15) is 4.79 Å². The molecule has 1 atom stereocenters. The van der Waals surface area contributed by atoms with E-state index in [1.807, 2.05) is 13.8 Å². The molecular formula is C11H16ClN3O2S. The molecule has 1 N–H and O–H groups in total. The summed E-state index contributed by atoms with van der Waals surface area (Å²) in [5, 5.41) is 3.55. The minimum Gasteiger partial charge on any atom is -0.383 e. The molecule has 0 aliphatic heterocycles. The van der Waals surface area contributed by atoms with Gasteiger partial charge in [0.05, 0.1) is 17.8 Å². The topological polar surface area (TPSA) is 64.1 Å². The number of hydrogen-bond donors (Lipinski definition) is 1. The summed E-state index contributed by atoms with van der Waals surface area (Å²) in [4.78, 5) is 20.1. The Kier molecular flexibility index (Phi) is 6.38. The lowest BCUT2D eigenvalue weighted by molar-refractivity contribution is 0.0900. The zero-order valence-corrected chi connectivity index (χ0v) is 12.1. The molecule has 7 heteroatoms. The summed E-state index contributed by atoms with van der Waals surface area (Å²) < 4.78 is 4.95. The Labute approximate surface area is 116 Å². The van der Waals surface area contributed by atoms with Crippen molar-refractivity contribution >= 4 is 29.3 Å². The largest absolute Gasteiger partial charge is 0.383 e. The molecule has 0 bridgehead atoms. The standard InChI is InChI=1S/C11H16ClN3O2S/c1-4-18-11-13-5-8(12)9(15-11)10(16)14-7(2)6-17-3/h5,7H,4,6H2,1-3H3,(H,14,16). The third kappa shape index (κ3) is 4.44. The molecule has 0 spiro atoms. The third-order valence-electron chi connectivity index (χ3n) is 2.00. The van der Waals surface area contributed by atoms with Crippen molar-refractivity contribution in [2.24, 2.45) is 0 Å². The number of methoxy groups -OCH3 is 1. The molecule has 0 radical (unpaired) electrons. The minimum absolute atomic E-state index is 0.101. The average Bonchev–Trinajstić information content (AvgIpc) is 2.32. The van der Waals surface area contributed by atoms with Gasteiger partial charge in [-0.25, -0.2) is 9.97 Å². The van der Waals surface area contributed by atoms with Gasteiger partial charge < -0.3 is 10.1 Å². The molecule has 0 aliphatic rings. The van der Waals surface area contributed by atoms with Crippen molar-refractivity contribution in [2.45, 2.75) is 25.0 Å². The molecule has 1 aromatic rings. The van der Waals surface area contributed by atoms with Crippen LogP contribution >= 0.6 is 23.4 Å². The highest BCUT2D eigenvalue weighted by Gasteiger charge is 2.16. The van der Waals surface area contributed by atoms with Gasteiger partial charge in [0.2, 0.25) is 0 Å². The number of halogens is 1. The SMILES string of the molecule is CCSc1ncc(Cl)c(C(=O)NC(C)COC)n1. The van der Waals surface area contributed by atoms with Gasteiger partial charge in [0.15, 0.2) is 10.9 Å². The molecular weight excluding hydrogens is 274 g/mol. The second kappa shape index (κ2) is 7.56. The first-order valence-corrected chi connectivity index (χ1v) is 6.90. The number of nitrogens with one attached hydrogen (secondary N) is 1. The third-order valence-corrected chi connectivity index (χ3v) is 3.02. The molecule has 1 amide bonds. The summed E-state index contributed by atoms with van der Waals surface area (Å²) >= 11 is 7.38. The minimum atomic E-state index is -0.315. The number of carbonyl (C=O) groups is 1. The van der Waals surface area contributed by atoms with Crippen LogP contribution in [0.25, 0.3) is 0 Å². The number of hydrogen-bond acceptors (Lipinski definition) is 5. The van der Waals surface area contributed by atoms with Gasteiger partial charge in [0.25, 0.3) is 5.91 Å². The maximum Gasteiger partial charge on any atom is 0.271 e. The Balaban J connectivity index is 2.80. The predicted octanol–water partition coefficient (Wildman–Crippen LogP) is 2.01. The summed E-state index contributed by atoms with van der Waals surface area (Å²) in [5.41, 5.74) is 0.200. The smallest absolute Gasteiger partial charge is 0.271 e. The highest BCUT2D eigenvalue weighted by Crippen LogP contribution is 2.17. The number of thioether (sulfide) groups is 1. The van der Waals surface area contributed by atoms with Crippen LogP contribution in [0.1, 0.15) is 24.3 Å². The van der Waals surface area contributed by atoms with Crippen molar-refractivity contribution in [1.29, 1.82) is 0 Å². The lowest BCUT2D eigenvalue weighted by Crippen LogP contribution is -2.36. The average molecular weight is 290 g/mol. The summed E-state index contributed by atoms with van der Waals surface area (Å²) in [7, 11) is 1.58. The Bertz CT molecular complexity index is 417. The van der Waals surface area contributed by atoms with Gasteiger partial charge in [0.1, 0.15) is 0 Å². The molecule has 0 saturated heterocycles. The van der Waals surface area contributed by atoms with E-state index < -0.39 is 0 Å². The van der Waals surface area contributed by atoms with Gasteiger partial charge in [-0.3, -0.25) is 4.79 Å². The number of ether oxygens (including phenoxy) is 1. The Morgan fingerprint density at radius 3 is 3.00 bits per heavy atom. The van der Waals surface area contributed by atoms with Gasteiger partial charge in [-0.2, -0.15) is 0 Å². The van der Waals surface area contributed by atoms with E-state index >= 15 is 0 Å². The molecule has 0 aliphatic carbocycles. The first kappa shape index (κ1) is 15.2. The van der Waals surface area contributed by atoms with Crippen molar-refractivity contribution in [3.8, 4) is 0 Å². The van der Waals surface area contributed by atoms with Crippen LogP contribution in [0.4, 0.5) is 0 Å². The molecule has 5 nitrogen and oxygen atoms in total. The van der Waals surface area contributed by atoms with Crippen LogP contribution in [0.3, 0.4) is 0 Å². The zero-order valence-electron chi connectivity index (χ0n) is 10.6. The zero-order chi connectivity index (χ0) is 13.5. The molecule has 0 fully saturated rings. The van der Waals surface area contributed by atoms with E-state index in [1.54, 1.807) is 7.11 Å². The van der Waals surface area contributed by atoms with Crippen molar-refractivity contribution in [1.82, 2.24) is 15.3 Å². The first-order valence-electron chi connectivity index (χ1n) is 5.53. The van der Waals surface area contributed by atoms with E-state index in [0.717, 1.165) is 5.75 Å². The lowest BCUT2D eigenvalue weighted by atomic mass is 10.3. The lowest BCUT2D eigenvalue weighted by Gasteiger charge is -2.13. The summed E-state index contributed by atoms with van der Waals surface area (Å²) in [6.07, 6.45) is 1.45. The van der Waals surface area contributed by atoms with Gasteiger partial charge in [-0.1, -0.05) is 30.3 Å². The fourth-order valence-corrected chi connectivity index (χ4v) is 2.01. The van der Waals surface area contributed by atoms with E-state index in [0.29, 0.717) is 11.8 Å². The van der Waals surface area contributed by atoms with Crippen LogP contribution in [0.2, 0.25) is 5.02 Å². The van der Waals surface area contributed by atoms with E-state index in [4.69, 9.17) is 16.3 Å². The van der Waals surface area contributed by atoms with E-state index in [1.165, 1.54) is 18.0 Å². The number of carbonyl (C=O) groups excluding carboxylic acids is 1. The predicted molar refractivity (Wildman–Crippen MR) is 72.2 cm³/mol. The van der Waals surface area contributed by atoms with E-state index in [2.05, 4.69) is 15.3 Å². The van der Waals surface area contributed by atoms with Crippen LogP contribution in [-0.2, 0) is 4.74 Å². The Morgan fingerprint density at radius 2 is 2.39 bits per heavy atom. The summed E-state index contributed by atoms with van der Waals surface area (Å²) in [5.74, 6) is 0.521. The van der Waals surface area contributed by atoms with Crippen molar-refractivity contribution in [3.05, 3.63) is 16.9 Å². The van der Waals surface area contributed by atoms with Crippen LogP contribution in [0, 0.1) is 0 Å². The Morgan fingerprint density at radius 1 is 1.67 bits per heavy atom. The fourth-order valence-electron chi connectivity index (χ4n) is 1.29. The molecule has 1 heterocycles. The fraction of sp³-hybridized carbons (Fsp3) is 0.545. The Hall–Kier alpha value is -0.850. The molecule has 100 valence electrons. The quantitative estimate of drug-likeness (QED) is 0.641. The molecule has 1 aromatic heterocycles.